The summed E-state index contributed by atoms with van der Waals surface area (Å²) >= 11 is 3.43. The molecule has 2 rings (SSSR count). The van der Waals surface area contributed by atoms with Crippen LogP contribution in [0, 0.1) is 11.3 Å². The van der Waals surface area contributed by atoms with Gasteiger partial charge in [-0.05, 0) is 18.2 Å². The molecule has 0 aliphatic rings. The van der Waals surface area contributed by atoms with Crippen molar-refractivity contribution in [3.8, 4) is 17.4 Å². The predicted octanol–water partition coefficient (Wildman–Crippen LogP) is 3.10. The second-order valence-electron chi connectivity index (χ2n) is 3.72. The average molecular weight is 317 g/mol. The number of nitrogens with zero attached hydrogens (tertiary/aromatic N) is 1. The zero-order valence-corrected chi connectivity index (χ0v) is 11.3. The quantitative estimate of drug-likeness (QED) is 0.698. The van der Waals surface area contributed by atoms with Crippen LogP contribution in [0.1, 0.15) is 5.76 Å². The number of nitriles is 1. The third-order valence-corrected chi connectivity index (χ3v) is 3.13. The molecule has 0 radical (unpaired) electrons. The highest BCUT2D eigenvalue weighted by Gasteiger charge is 2.09. The molecule has 1 aromatic heterocycles. The van der Waals surface area contributed by atoms with Crippen molar-refractivity contribution in [1.82, 2.24) is 0 Å². The van der Waals surface area contributed by atoms with Crippen LogP contribution in [0.3, 0.4) is 0 Å². The number of halogens is 1. The van der Waals surface area contributed by atoms with Crippen LogP contribution in [0.25, 0.3) is 17.4 Å². The van der Waals surface area contributed by atoms with Crippen LogP contribution in [0.2, 0.25) is 0 Å². The molecule has 2 aromatic rings. The van der Waals surface area contributed by atoms with E-state index >= 15 is 0 Å². The molecule has 0 unspecified atom stereocenters. The summed E-state index contributed by atoms with van der Waals surface area (Å²) in [6.07, 6.45) is 1.32. The minimum absolute atomic E-state index is 0.145. The Morgan fingerprint density at radius 2 is 2.05 bits per heavy atom. The SMILES string of the molecule is N#C/C(=C\c1ccc(-c2ccccc2Br)o1)C(N)=O. The van der Waals surface area contributed by atoms with Crippen LogP contribution in [-0.4, -0.2) is 5.91 Å². The third kappa shape index (κ3) is 2.92. The number of rotatable bonds is 3. The van der Waals surface area contributed by atoms with Crippen molar-refractivity contribution in [2.24, 2.45) is 5.73 Å². The molecule has 0 aliphatic heterocycles. The molecule has 5 heteroatoms. The largest absolute Gasteiger partial charge is 0.457 e. The van der Waals surface area contributed by atoms with E-state index in [1.165, 1.54) is 6.08 Å². The molecular formula is C14H9BrN2O2. The molecular weight excluding hydrogens is 308 g/mol. The number of furan rings is 1. The number of hydrogen-bond donors (Lipinski definition) is 1. The van der Waals surface area contributed by atoms with Gasteiger partial charge in [0.1, 0.15) is 23.2 Å². The highest BCUT2D eigenvalue weighted by Crippen LogP contribution is 2.29. The van der Waals surface area contributed by atoms with E-state index in [-0.39, 0.29) is 5.57 Å². The maximum absolute atomic E-state index is 10.9. The van der Waals surface area contributed by atoms with Crippen LogP contribution in [0.15, 0.2) is 50.9 Å². The van der Waals surface area contributed by atoms with Crippen LogP contribution < -0.4 is 5.73 Å². The minimum atomic E-state index is -0.777. The summed E-state index contributed by atoms with van der Waals surface area (Å²) in [6, 6.07) is 12.8. The van der Waals surface area contributed by atoms with E-state index in [0.29, 0.717) is 11.5 Å². The zero-order valence-electron chi connectivity index (χ0n) is 9.76. The summed E-state index contributed by atoms with van der Waals surface area (Å²) in [5.74, 6) is 0.267. The van der Waals surface area contributed by atoms with Crippen molar-refractivity contribution in [2.45, 2.75) is 0 Å². The molecule has 0 saturated carbocycles. The minimum Gasteiger partial charge on any atom is -0.457 e. The van der Waals surface area contributed by atoms with Gasteiger partial charge in [0.05, 0.1) is 0 Å². The average Bonchev–Trinajstić information content (AvgIpc) is 2.84. The second-order valence-corrected chi connectivity index (χ2v) is 4.57. The van der Waals surface area contributed by atoms with E-state index in [4.69, 9.17) is 15.4 Å². The van der Waals surface area contributed by atoms with Crippen molar-refractivity contribution >= 4 is 27.9 Å². The maximum atomic E-state index is 10.9. The van der Waals surface area contributed by atoms with Gasteiger partial charge in [-0.25, -0.2) is 0 Å². The van der Waals surface area contributed by atoms with E-state index in [1.807, 2.05) is 24.3 Å². The Kier molecular flexibility index (Phi) is 3.83. The van der Waals surface area contributed by atoms with Crippen LogP contribution in [0.5, 0.6) is 0 Å². The lowest BCUT2D eigenvalue weighted by atomic mass is 10.2. The number of primary amides is 1. The van der Waals surface area contributed by atoms with Gasteiger partial charge in [0.2, 0.25) is 0 Å². The van der Waals surface area contributed by atoms with E-state index in [1.54, 1.807) is 18.2 Å². The molecule has 4 nitrogen and oxygen atoms in total. The Bertz CT molecular complexity index is 695. The molecule has 1 heterocycles. The Labute approximate surface area is 118 Å². The first-order chi connectivity index (χ1) is 9.11. The normalized spacial score (nSPS) is 11.1. The van der Waals surface area contributed by atoms with E-state index in [9.17, 15) is 4.79 Å². The number of carbonyl (C=O) groups is 1. The first-order valence-electron chi connectivity index (χ1n) is 5.38. The van der Waals surface area contributed by atoms with Crippen LogP contribution >= 0.6 is 15.9 Å². The summed E-state index contributed by atoms with van der Waals surface area (Å²) in [6.45, 7) is 0. The highest BCUT2D eigenvalue weighted by molar-refractivity contribution is 9.10. The van der Waals surface area contributed by atoms with Gasteiger partial charge >= 0.3 is 0 Å². The standard InChI is InChI=1S/C14H9BrN2O2/c15-12-4-2-1-3-11(12)13-6-5-10(19-13)7-9(8-16)14(17)18/h1-7H,(H2,17,18)/b9-7+. The van der Waals surface area contributed by atoms with Gasteiger partial charge in [-0.2, -0.15) is 5.26 Å². The number of carbonyl (C=O) groups excluding carboxylic acids is 1. The summed E-state index contributed by atoms with van der Waals surface area (Å²) in [4.78, 5) is 10.9. The van der Waals surface area contributed by atoms with Crippen LogP contribution in [-0.2, 0) is 4.79 Å². The molecule has 0 atom stereocenters. The summed E-state index contributed by atoms with van der Waals surface area (Å²) in [7, 11) is 0. The molecule has 0 aliphatic carbocycles. The lowest BCUT2D eigenvalue weighted by Gasteiger charge is -1.99. The summed E-state index contributed by atoms with van der Waals surface area (Å²) in [5, 5.41) is 8.76. The van der Waals surface area contributed by atoms with E-state index in [2.05, 4.69) is 15.9 Å². The monoisotopic (exact) mass is 316 g/mol. The smallest absolute Gasteiger partial charge is 0.259 e. The number of amides is 1. The molecule has 1 amide bonds. The number of nitrogens with two attached hydrogens (primary N) is 1. The van der Waals surface area contributed by atoms with E-state index in [0.717, 1.165) is 10.0 Å². The Morgan fingerprint density at radius 1 is 1.32 bits per heavy atom. The lowest BCUT2D eigenvalue weighted by Crippen LogP contribution is -2.12. The molecule has 19 heavy (non-hydrogen) atoms. The Morgan fingerprint density at radius 3 is 2.68 bits per heavy atom. The number of hydrogen-bond acceptors (Lipinski definition) is 3. The van der Waals surface area contributed by atoms with Gasteiger partial charge in [0.15, 0.2) is 0 Å². The second kappa shape index (κ2) is 5.55. The number of benzene rings is 1. The zero-order chi connectivity index (χ0) is 13.8. The summed E-state index contributed by atoms with van der Waals surface area (Å²) in [5.41, 5.74) is 5.80. The molecule has 0 spiro atoms. The fourth-order valence-corrected chi connectivity index (χ4v) is 2.02. The molecule has 0 bridgehead atoms. The highest BCUT2D eigenvalue weighted by atomic mass is 79.9. The van der Waals surface area contributed by atoms with Crippen molar-refractivity contribution in [1.29, 1.82) is 5.26 Å². The topological polar surface area (TPSA) is 80.0 Å². The molecule has 0 saturated heterocycles. The van der Waals surface area contributed by atoms with E-state index < -0.39 is 5.91 Å². The lowest BCUT2D eigenvalue weighted by molar-refractivity contribution is -0.114. The summed E-state index contributed by atoms with van der Waals surface area (Å²) < 4.78 is 6.47. The first-order valence-corrected chi connectivity index (χ1v) is 6.17. The third-order valence-electron chi connectivity index (χ3n) is 2.44. The van der Waals surface area contributed by atoms with Gasteiger partial charge in [-0.1, -0.05) is 34.1 Å². The van der Waals surface area contributed by atoms with Crippen LogP contribution in [0.4, 0.5) is 0 Å². The van der Waals surface area contributed by atoms with Gasteiger partial charge in [0, 0.05) is 16.1 Å². The van der Waals surface area contributed by atoms with Crippen molar-refractivity contribution < 1.29 is 9.21 Å². The molecule has 94 valence electrons. The first kappa shape index (κ1) is 13.1. The van der Waals surface area contributed by atoms with Gasteiger partial charge in [-0.3, -0.25) is 4.79 Å². The van der Waals surface area contributed by atoms with Gasteiger partial charge < -0.3 is 10.2 Å². The predicted molar refractivity (Wildman–Crippen MR) is 74.6 cm³/mol. The van der Waals surface area contributed by atoms with Crippen molar-refractivity contribution in [3.05, 3.63) is 52.2 Å². The van der Waals surface area contributed by atoms with Gasteiger partial charge in [0.25, 0.3) is 5.91 Å². The molecule has 0 fully saturated rings. The Hall–Kier alpha value is -2.32. The fraction of sp³-hybridized carbons (Fsp3) is 0. The fourth-order valence-electron chi connectivity index (χ4n) is 1.54. The van der Waals surface area contributed by atoms with Crippen molar-refractivity contribution in [2.75, 3.05) is 0 Å². The molecule has 2 N–H and O–H groups in total. The maximum Gasteiger partial charge on any atom is 0.259 e. The van der Waals surface area contributed by atoms with Gasteiger partial charge in [-0.15, -0.1) is 0 Å². The Balaban J connectivity index is 2.38. The molecule has 1 aromatic carbocycles. The van der Waals surface area contributed by atoms with Crippen molar-refractivity contribution in [3.63, 3.8) is 0 Å².